The summed E-state index contributed by atoms with van der Waals surface area (Å²) in [5.74, 6) is 0.0277. The number of pyridine rings is 1. The number of aromatic nitrogens is 1. The first-order valence-electron chi connectivity index (χ1n) is 8.11. The summed E-state index contributed by atoms with van der Waals surface area (Å²) in [4.78, 5) is 19.9. The van der Waals surface area contributed by atoms with Gasteiger partial charge in [-0.15, -0.1) is 11.3 Å². The van der Waals surface area contributed by atoms with Crippen LogP contribution in [0.15, 0.2) is 24.4 Å². The second-order valence-electron chi connectivity index (χ2n) is 6.50. The molecular formula is C17H21N4OS+. The number of rotatable bonds is 2. The normalized spacial score (nSPS) is 23.0. The molecule has 0 radical (unpaired) electrons. The molecule has 4 heterocycles. The summed E-state index contributed by atoms with van der Waals surface area (Å²) in [6.07, 6.45) is 2.49. The minimum absolute atomic E-state index is 0.0277. The first-order valence-corrected chi connectivity index (χ1v) is 8.92. The molecule has 23 heavy (non-hydrogen) atoms. The van der Waals surface area contributed by atoms with Gasteiger partial charge in [-0.2, -0.15) is 0 Å². The summed E-state index contributed by atoms with van der Waals surface area (Å²) >= 11 is 1.74. The van der Waals surface area contributed by atoms with Crippen molar-refractivity contribution in [3.63, 3.8) is 0 Å². The van der Waals surface area contributed by atoms with Gasteiger partial charge in [0.25, 0.3) is 5.91 Å². The van der Waals surface area contributed by atoms with Crippen molar-refractivity contribution in [3.05, 3.63) is 46.1 Å². The number of anilines is 1. The molecule has 0 fully saturated rings. The van der Waals surface area contributed by atoms with Crippen LogP contribution in [0, 0.1) is 0 Å². The predicted molar refractivity (Wildman–Crippen MR) is 90.8 cm³/mol. The van der Waals surface area contributed by atoms with Crippen molar-refractivity contribution in [3.8, 4) is 0 Å². The number of nitrogens with zero attached hydrogens (tertiary/aromatic N) is 1. The van der Waals surface area contributed by atoms with Crippen LogP contribution < -0.4 is 15.5 Å². The van der Waals surface area contributed by atoms with Gasteiger partial charge in [-0.1, -0.05) is 6.07 Å². The van der Waals surface area contributed by atoms with Gasteiger partial charge in [-0.05, 0) is 31.5 Å². The maximum absolute atomic E-state index is 12.6. The van der Waals surface area contributed by atoms with Crippen molar-refractivity contribution in [2.45, 2.75) is 39.0 Å². The minimum Gasteiger partial charge on any atom is -0.351 e. The van der Waals surface area contributed by atoms with Gasteiger partial charge in [0, 0.05) is 12.6 Å². The largest absolute Gasteiger partial charge is 0.351 e. The number of quaternary nitrogens is 1. The Labute approximate surface area is 139 Å². The molecule has 4 rings (SSSR count). The maximum Gasteiger partial charge on any atom is 0.256 e. The van der Waals surface area contributed by atoms with E-state index >= 15 is 0 Å². The molecule has 0 aromatic carbocycles. The van der Waals surface area contributed by atoms with Crippen molar-refractivity contribution in [1.82, 2.24) is 10.3 Å². The van der Waals surface area contributed by atoms with Crippen LogP contribution in [0.2, 0.25) is 0 Å². The Hall–Kier alpha value is -1.92. The molecule has 2 aromatic heterocycles. The zero-order valence-corrected chi connectivity index (χ0v) is 14.2. The molecule has 0 saturated heterocycles. The number of carbonyl (C=O) groups is 1. The summed E-state index contributed by atoms with van der Waals surface area (Å²) in [5.41, 5.74) is 2.95. The second kappa shape index (κ2) is 5.62. The second-order valence-corrected chi connectivity index (χ2v) is 7.61. The molecule has 0 spiro atoms. The number of nitrogens with one attached hydrogen (secondary N) is 3. The van der Waals surface area contributed by atoms with Crippen LogP contribution in [0.25, 0.3) is 0 Å². The van der Waals surface area contributed by atoms with E-state index in [9.17, 15) is 4.79 Å². The lowest BCUT2D eigenvalue weighted by Crippen LogP contribution is -3.14. The molecule has 2 unspecified atom stereocenters. The Kier molecular flexibility index (Phi) is 3.58. The number of hydrogen-bond donors (Lipinski definition) is 3. The van der Waals surface area contributed by atoms with E-state index in [1.807, 2.05) is 18.2 Å². The van der Waals surface area contributed by atoms with E-state index in [4.69, 9.17) is 0 Å². The number of thiophene rings is 1. The average molecular weight is 329 g/mol. The van der Waals surface area contributed by atoms with Gasteiger partial charge in [0.2, 0.25) is 0 Å². The van der Waals surface area contributed by atoms with E-state index in [1.54, 1.807) is 22.4 Å². The van der Waals surface area contributed by atoms with Crippen LogP contribution in [0.1, 0.15) is 46.5 Å². The fourth-order valence-corrected chi connectivity index (χ4v) is 4.73. The molecule has 0 saturated carbocycles. The van der Waals surface area contributed by atoms with Crippen molar-refractivity contribution >= 4 is 22.2 Å². The van der Waals surface area contributed by atoms with Gasteiger partial charge >= 0.3 is 0 Å². The highest BCUT2D eigenvalue weighted by atomic mass is 32.1. The Morgan fingerprint density at radius 2 is 2.22 bits per heavy atom. The number of hydrogen-bond acceptors (Lipinski definition) is 4. The topological polar surface area (TPSA) is 58.5 Å². The standard InChI is InChI=1S/C17H20N4OS/c1-10(2)21-8-6-11-13(9-21)23-17-14(11)16(22)19-15(20-17)12-5-3-4-7-18-12/h3-5,7,10,15,20H,6,8-9H2,1-2H3,(H,19,22)/p+1. The van der Waals surface area contributed by atoms with E-state index in [1.165, 1.54) is 10.4 Å². The first-order chi connectivity index (χ1) is 11.1. The fourth-order valence-electron chi connectivity index (χ4n) is 3.40. The van der Waals surface area contributed by atoms with E-state index in [0.717, 1.165) is 35.8 Å². The van der Waals surface area contributed by atoms with Crippen LogP contribution in [0.5, 0.6) is 0 Å². The fraction of sp³-hybridized carbons (Fsp3) is 0.412. The summed E-state index contributed by atoms with van der Waals surface area (Å²) in [6.45, 7) is 6.64. The average Bonchev–Trinajstić information content (AvgIpc) is 2.93. The molecule has 1 amide bonds. The van der Waals surface area contributed by atoms with Crippen molar-refractivity contribution in [2.24, 2.45) is 0 Å². The lowest BCUT2D eigenvalue weighted by molar-refractivity contribution is -0.936. The highest BCUT2D eigenvalue weighted by Crippen LogP contribution is 2.38. The summed E-state index contributed by atoms with van der Waals surface area (Å²) in [5, 5.41) is 7.51. The van der Waals surface area contributed by atoms with Crippen LogP contribution in [-0.4, -0.2) is 23.5 Å². The molecule has 120 valence electrons. The van der Waals surface area contributed by atoms with E-state index in [-0.39, 0.29) is 12.1 Å². The molecule has 2 aliphatic heterocycles. The number of carbonyl (C=O) groups excluding carboxylic acids is 1. The smallest absolute Gasteiger partial charge is 0.256 e. The van der Waals surface area contributed by atoms with Gasteiger partial charge in [0.15, 0.2) is 0 Å². The minimum atomic E-state index is -0.246. The molecule has 2 atom stereocenters. The van der Waals surface area contributed by atoms with Crippen molar-refractivity contribution in [1.29, 1.82) is 0 Å². The highest BCUT2D eigenvalue weighted by Gasteiger charge is 2.35. The maximum atomic E-state index is 12.6. The molecule has 0 aliphatic carbocycles. The van der Waals surface area contributed by atoms with E-state index in [2.05, 4.69) is 29.5 Å². The Morgan fingerprint density at radius 3 is 2.96 bits per heavy atom. The van der Waals surface area contributed by atoms with Crippen LogP contribution in [-0.2, 0) is 13.0 Å². The molecule has 3 N–H and O–H groups in total. The summed E-state index contributed by atoms with van der Waals surface area (Å²) in [6, 6.07) is 6.37. The highest BCUT2D eigenvalue weighted by molar-refractivity contribution is 7.16. The number of fused-ring (bicyclic) bond motifs is 3. The van der Waals surface area contributed by atoms with Crippen molar-refractivity contribution < 1.29 is 9.69 Å². The predicted octanol–water partition coefficient (Wildman–Crippen LogP) is 1.35. The zero-order valence-electron chi connectivity index (χ0n) is 13.3. The molecule has 2 aliphatic rings. The third kappa shape index (κ3) is 2.52. The molecule has 2 aromatic rings. The lowest BCUT2D eigenvalue weighted by atomic mass is 10.00. The zero-order chi connectivity index (χ0) is 16.0. The summed E-state index contributed by atoms with van der Waals surface area (Å²) in [7, 11) is 0. The van der Waals surface area contributed by atoms with E-state index in [0.29, 0.717) is 6.04 Å². The third-order valence-electron chi connectivity index (χ3n) is 4.75. The van der Waals surface area contributed by atoms with Gasteiger partial charge in [0.05, 0.1) is 28.7 Å². The van der Waals surface area contributed by atoms with Crippen molar-refractivity contribution in [2.75, 3.05) is 11.9 Å². The first kappa shape index (κ1) is 14.7. The quantitative estimate of drug-likeness (QED) is 0.779. The molecular weight excluding hydrogens is 308 g/mol. The molecule has 0 bridgehead atoms. The van der Waals surface area contributed by atoms with Gasteiger partial charge in [-0.25, -0.2) is 0 Å². The SMILES string of the molecule is CC(C)[NH+]1CCc2c(sc3c2C(=O)NC(c2ccccn2)N3)C1. The summed E-state index contributed by atoms with van der Waals surface area (Å²) < 4.78 is 0. The Balaban J connectivity index is 1.66. The molecule has 6 heteroatoms. The lowest BCUT2D eigenvalue weighted by Gasteiger charge is -2.28. The van der Waals surface area contributed by atoms with Gasteiger partial charge in [0.1, 0.15) is 17.7 Å². The van der Waals surface area contributed by atoms with E-state index < -0.39 is 0 Å². The third-order valence-corrected chi connectivity index (χ3v) is 5.92. The number of amides is 1. The van der Waals surface area contributed by atoms with Gasteiger partial charge < -0.3 is 15.5 Å². The van der Waals surface area contributed by atoms with Gasteiger partial charge in [-0.3, -0.25) is 9.78 Å². The Bertz CT molecular complexity index is 741. The monoisotopic (exact) mass is 329 g/mol. The van der Waals surface area contributed by atoms with Crippen LogP contribution >= 0.6 is 11.3 Å². The van der Waals surface area contributed by atoms with Crippen LogP contribution in [0.3, 0.4) is 0 Å². The van der Waals surface area contributed by atoms with Crippen LogP contribution in [0.4, 0.5) is 5.00 Å². The molecule has 5 nitrogen and oxygen atoms in total. The Morgan fingerprint density at radius 1 is 1.35 bits per heavy atom.